The predicted octanol–water partition coefficient (Wildman–Crippen LogP) is 3.94. The molecule has 0 N–H and O–H groups in total. The Balaban J connectivity index is 1.80. The minimum Gasteiger partial charge on any atom is -0.312 e. The van der Waals surface area contributed by atoms with E-state index in [9.17, 15) is 4.79 Å². The molecular formula is C19H19NO. The Hall–Kier alpha value is -2.35. The quantitative estimate of drug-likeness (QED) is 0.829. The molecule has 3 rings (SSSR count). The maximum atomic E-state index is 12.3. The van der Waals surface area contributed by atoms with Gasteiger partial charge < -0.3 is 4.90 Å². The van der Waals surface area contributed by atoms with Gasteiger partial charge in [-0.15, -0.1) is 0 Å². The number of carbonyl (C=O) groups excluding carboxylic acids is 1. The molecule has 0 saturated carbocycles. The molecule has 0 saturated heterocycles. The first-order valence-corrected chi connectivity index (χ1v) is 7.40. The van der Waals surface area contributed by atoms with Gasteiger partial charge in [-0.1, -0.05) is 66.7 Å². The van der Waals surface area contributed by atoms with Crippen LogP contribution in [-0.2, 0) is 17.8 Å². The van der Waals surface area contributed by atoms with E-state index in [1.54, 1.807) is 0 Å². The third-order valence-corrected chi connectivity index (χ3v) is 3.80. The molecule has 2 aromatic rings. The SMILES string of the molecule is O=C1CCC=C(Cc2ccccc2)N1Cc1ccccc1. The molecular weight excluding hydrogens is 258 g/mol. The Morgan fingerprint density at radius 1 is 0.857 bits per heavy atom. The first kappa shape index (κ1) is 13.6. The van der Waals surface area contributed by atoms with Crippen LogP contribution in [0.4, 0.5) is 0 Å². The summed E-state index contributed by atoms with van der Waals surface area (Å²) in [6.45, 7) is 0.665. The van der Waals surface area contributed by atoms with E-state index in [1.807, 2.05) is 41.3 Å². The van der Waals surface area contributed by atoms with Crippen molar-refractivity contribution in [2.45, 2.75) is 25.8 Å². The second-order valence-electron chi connectivity index (χ2n) is 5.36. The molecule has 0 bridgehead atoms. The molecule has 2 aromatic carbocycles. The van der Waals surface area contributed by atoms with Crippen LogP contribution in [0.25, 0.3) is 0 Å². The van der Waals surface area contributed by atoms with Crippen molar-refractivity contribution in [3.05, 3.63) is 83.6 Å². The van der Waals surface area contributed by atoms with Crippen LogP contribution in [0, 0.1) is 0 Å². The van der Waals surface area contributed by atoms with Crippen molar-refractivity contribution in [3.8, 4) is 0 Å². The maximum absolute atomic E-state index is 12.3. The lowest BCUT2D eigenvalue weighted by molar-refractivity contribution is -0.130. The van der Waals surface area contributed by atoms with E-state index >= 15 is 0 Å². The maximum Gasteiger partial charge on any atom is 0.227 e. The van der Waals surface area contributed by atoms with Crippen molar-refractivity contribution in [1.82, 2.24) is 4.90 Å². The first-order valence-electron chi connectivity index (χ1n) is 7.40. The summed E-state index contributed by atoms with van der Waals surface area (Å²) in [7, 11) is 0. The highest BCUT2D eigenvalue weighted by atomic mass is 16.2. The van der Waals surface area contributed by atoms with Gasteiger partial charge in [0.05, 0.1) is 6.54 Å². The highest BCUT2D eigenvalue weighted by Crippen LogP contribution is 2.22. The van der Waals surface area contributed by atoms with Crippen LogP contribution in [0.1, 0.15) is 24.0 Å². The normalized spacial score (nSPS) is 15.0. The Bertz CT molecular complexity index is 631. The van der Waals surface area contributed by atoms with Gasteiger partial charge in [-0.05, 0) is 17.5 Å². The number of amides is 1. The van der Waals surface area contributed by atoms with E-state index in [0.29, 0.717) is 13.0 Å². The molecule has 0 radical (unpaired) electrons. The molecule has 0 spiro atoms. The van der Waals surface area contributed by atoms with Crippen LogP contribution in [0.3, 0.4) is 0 Å². The Kier molecular flexibility index (Phi) is 4.15. The standard InChI is InChI=1S/C19H19NO/c21-19-13-7-12-18(14-16-8-3-1-4-9-16)20(19)15-17-10-5-2-6-11-17/h1-6,8-12H,7,13-15H2. The summed E-state index contributed by atoms with van der Waals surface area (Å²) in [4.78, 5) is 14.2. The number of carbonyl (C=O) groups is 1. The molecule has 0 aromatic heterocycles. The highest BCUT2D eigenvalue weighted by Gasteiger charge is 2.21. The lowest BCUT2D eigenvalue weighted by atomic mass is 10.0. The molecule has 0 atom stereocenters. The van der Waals surface area contributed by atoms with Crippen LogP contribution < -0.4 is 0 Å². The molecule has 1 amide bonds. The fourth-order valence-electron chi connectivity index (χ4n) is 2.70. The van der Waals surface area contributed by atoms with Crippen LogP contribution in [0.2, 0.25) is 0 Å². The molecule has 1 aliphatic heterocycles. The zero-order valence-corrected chi connectivity index (χ0v) is 12.0. The Morgan fingerprint density at radius 2 is 1.48 bits per heavy atom. The van der Waals surface area contributed by atoms with Crippen LogP contribution >= 0.6 is 0 Å². The monoisotopic (exact) mass is 277 g/mol. The van der Waals surface area contributed by atoms with Crippen molar-refractivity contribution in [2.75, 3.05) is 0 Å². The number of allylic oxidation sites excluding steroid dienone is 2. The van der Waals surface area contributed by atoms with Crippen molar-refractivity contribution in [3.63, 3.8) is 0 Å². The molecule has 21 heavy (non-hydrogen) atoms. The van der Waals surface area contributed by atoms with Gasteiger partial charge in [0.1, 0.15) is 0 Å². The second kappa shape index (κ2) is 6.40. The zero-order chi connectivity index (χ0) is 14.5. The van der Waals surface area contributed by atoms with Crippen molar-refractivity contribution >= 4 is 5.91 Å². The minimum absolute atomic E-state index is 0.229. The summed E-state index contributed by atoms with van der Waals surface area (Å²) in [6, 6.07) is 20.5. The third kappa shape index (κ3) is 3.40. The first-order chi connectivity index (χ1) is 10.3. The van der Waals surface area contributed by atoms with Crippen molar-refractivity contribution in [1.29, 1.82) is 0 Å². The van der Waals surface area contributed by atoms with E-state index in [0.717, 1.165) is 18.5 Å². The third-order valence-electron chi connectivity index (χ3n) is 3.80. The summed E-state index contributed by atoms with van der Waals surface area (Å²) in [5.41, 5.74) is 3.55. The summed E-state index contributed by atoms with van der Waals surface area (Å²) in [5.74, 6) is 0.229. The summed E-state index contributed by atoms with van der Waals surface area (Å²) in [5, 5.41) is 0. The molecule has 1 heterocycles. The fraction of sp³-hybridized carbons (Fsp3) is 0.211. The van der Waals surface area contributed by atoms with E-state index < -0.39 is 0 Å². The molecule has 0 unspecified atom stereocenters. The summed E-state index contributed by atoms with van der Waals surface area (Å²) < 4.78 is 0. The number of hydrogen-bond donors (Lipinski definition) is 0. The average molecular weight is 277 g/mol. The molecule has 0 fully saturated rings. The number of nitrogens with zero attached hydrogens (tertiary/aromatic N) is 1. The van der Waals surface area contributed by atoms with Gasteiger partial charge in [0.25, 0.3) is 0 Å². The van der Waals surface area contributed by atoms with Gasteiger partial charge in [-0.2, -0.15) is 0 Å². The lowest BCUT2D eigenvalue weighted by Crippen LogP contribution is -2.33. The van der Waals surface area contributed by atoms with Crippen molar-refractivity contribution in [2.24, 2.45) is 0 Å². The van der Waals surface area contributed by atoms with E-state index in [1.165, 1.54) is 11.1 Å². The van der Waals surface area contributed by atoms with Crippen LogP contribution in [0.5, 0.6) is 0 Å². The fourth-order valence-corrected chi connectivity index (χ4v) is 2.70. The number of rotatable bonds is 4. The van der Waals surface area contributed by atoms with Crippen LogP contribution in [-0.4, -0.2) is 10.8 Å². The zero-order valence-electron chi connectivity index (χ0n) is 12.0. The van der Waals surface area contributed by atoms with Gasteiger partial charge >= 0.3 is 0 Å². The molecule has 2 heteroatoms. The van der Waals surface area contributed by atoms with E-state index in [4.69, 9.17) is 0 Å². The largest absolute Gasteiger partial charge is 0.312 e. The highest BCUT2D eigenvalue weighted by molar-refractivity contribution is 5.79. The van der Waals surface area contributed by atoms with Crippen molar-refractivity contribution < 1.29 is 4.79 Å². The van der Waals surface area contributed by atoms with Gasteiger partial charge in [0, 0.05) is 18.5 Å². The number of hydrogen-bond acceptors (Lipinski definition) is 1. The summed E-state index contributed by atoms with van der Waals surface area (Å²) >= 11 is 0. The molecule has 1 aliphatic rings. The lowest BCUT2D eigenvalue weighted by Gasteiger charge is -2.29. The second-order valence-corrected chi connectivity index (χ2v) is 5.36. The Labute approximate surface area is 125 Å². The van der Waals surface area contributed by atoms with Gasteiger partial charge in [-0.3, -0.25) is 4.79 Å². The number of benzene rings is 2. The van der Waals surface area contributed by atoms with Gasteiger partial charge in [0.2, 0.25) is 5.91 Å². The topological polar surface area (TPSA) is 20.3 Å². The molecule has 106 valence electrons. The van der Waals surface area contributed by atoms with E-state index in [2.05, 4.69) is 30.3 Å². The molecule has 2 nitrogen and oxygen atoms in total. The van der Waals surface area contributed by atoms with Gasteiger partial charge in [-0.25, -0.2) is 0 Å². The molecule has 0 aliphatic carbocycles. The predicted molar refractivity (Wildman–Crippen MR) is 84.5 cm³/mol. The average Bonchev–Trinajstić information content (AvgIpc) is 2.53. The van der Waals surface area contributed by atoms with Gasteiger partial charge in [0.15, 0.2) is 0 Å². The van der Waals surface area contributed by atoms with E-state index in [-0.39, 0.29) is 5.91 Å². The smallest absolute Gasteiger partial charge is 0.227 e. The Morgan fingerprint density at radius 3 is 2.14 bits per heavy atom. The minimum atomic E-state index is 0.229. The van der Waals surface area contributed by atoms with Crippen LogP contribution in [0.15, 0.2) is 72.4 Å². The summed E-state index contributed by atoms with van der Waals surface area (Å²) in [6.07, 6.45) is 4.49.